The molecule has 0 bridgehead atoms. The molecule has 5 rings (SSSR count). The third-order valence-corrected chi connectivity index (χ3v) is 5.70. The van der Waals surface area contributed by atoms with E-state index in [4.69, 9.17) is 0 Å². The van der Waals surface area contributed by atoms with Gasteiger partial charge in [-0.1, -0.05) is 18.2 Å². The largest absolute Gasteiger partial charge is 0.409 e. The topological polar surface area (TPSA) is 56.4 Å². The van der Waals surface area contributed by atoms with Crippen molar-refractivity contribution in [1.82, 2.24) is 9.88 Å². The van der Waals surface area contributed by atoms with E-state index in [0.717, 1.165) is 27.3 Å². The Morgan fingerprint density at radius 2 is 1.87 bits per heavy atom. The van der Waals surface area contributed by atoms with Crippen LogP contribution in [-0.2, 0) is 11.2 Å². The van der Waals surface area contributed by atoms with Crippen LogP contribution >= 0.6 is 0 Å². The van der Waals surface area contributed by atoms with E-state index in [-0.39, 0.29) is 23.5 Å². The minimum atomic E-state index is -4.60. The van der Waals surface area contributed by atoms with E-state index in [1.165, 1.54) is 6.07 Å². The number of hydrogen-bond acceptors (Lipinski definition) is 3. The van der Waals surface area contributed by atoms with Gasteiger partial charge in [0.2, 0.25) is 0 Å². The monoisotopic (exact) mass is 417 g/mol. The molecule has 0 aliphatic carbocycles. The molecule has 0 spiro atoms. The van der Waals surface area contributed by atoms with Crippen LogP contribution in [0.3, 0.4) is 0 Å². The Kier molecular flexibility index (Phi) is 4.01. The molecule has 2 aliphatic rings. The van der Waals surface area contributed by atoms with Crippen LogP contribution in [0.4, 0.5) is 23.2 Å². The molecule has 0 saturated heterocycles. The van der Waals surface area contributed by atoms with Crippen LogP contribution in [0.15, 0.2) is 42.5 Å². The van der Waals surface area contributed by atoms with Crippen LogP contribution in [0, 0.1) is 5.82 Å². The number of aromatic amines is 1. The fourth-order valence-electron chi connectivity index (χ4n) is 4.41. The number of carbonyl (C=O) groups excluding carboxylic acids is 2. The summed E-state index contributed by atoms with van der Waals surface area (Å²) >= 11 is 0. The minimum absolute atomic E-state index is 0.0484. The van der Waals surface area contributed by atoms with E-state index in [1.807, 2.05) is 0 Å². The normalized spacial score (nSPS) is 19.5. The standard InChI is InChI=1S/C21H15F4N3O2/c22-11-5-6-16-14(9-11)18(29)20(30)28(16)10-27-8-7-13-12-3-1-2-4-15(12)26-17(13)19(27)21(23,24)25/h1-6,9,19,26H,7-8,10H2/t19-/m1/s1. The van der Waals surface area contributed by atoms with Gasteiger partial charge in [-0.25, -0.2) is 4.39 Å². The Hall–Kier alpha value is -3.20. The maximum absolute atomic E-state index is 14.1. The average Bonchev–Trinajstić information content (AvgIpc) is 3.17. The number of nitrogens with zero attached hydrogens (tertiary/aromatic N) is 2. The van der Waals surface area contributed by atoms with E-state index in [1.54, 1.807) is 24.3 Å². The quantitative estimate of drug-likeness (QED) is 0.507. The van der Waals surface area contributed by atoms with Gasteiger partial charge in [-0.3, -0.25) is 19.4 Å². The van der Waals surface area contributed by atoms with Crippen molar-refractivity contribution in [2.45, 2.75) is 18.6 Å². The van der Waals surface area contributed by atoms with Gasteiger partial charge in [-0.15, -0.1) is 0 Å². The number of H-pyrrole nitrogens is 1. The highest BCUT2D eigenvalue weighted by Crippen LogP contribution is 2.44. The van der Waals surface area contributed by atoms with Gasteiger partial charge >= 0.3 is 12.1 Å². The first kappa shape index (κ1) is 18.8. The lowest BCUT2D eigenvalue weighted by Gasteiger charge is -2.38. The average molecular weight is 417 g/mol. The molecular weight excluding hydrogens is 402 g/mol. The van der Waals surface area contributed by atoms with Crippen LogP contribution in [0.5, 0.6) is 0 Å². The highest BCUT2D eigenvalue weighted by atomic mass is 19.4. The molecule has 2 aromatic carbocycles. The van der Waals surface area contributed by atoms with Crippen molar-refractivity contribution in [3.63, 3.8) is 0 Å². The number of aromatic nitrogens is 1. The summed E-state index contributed by atoms with van der Waals surface area (Å²) in [5, 5.41) is 0.745. The Morgan fingerprint density at radius 3 is 2.63 bits per heavy atom. The molecule has 3 heterocycles. The number of amides is 1. The predicted octanol–water partition coefficient (Wildman–Crippen LogP) is 3.96. The summed E-state index contributed by atoms with van der Waals surface area (Å²) < 4.78 is 55.8. The van der Waals surface area contributed by atoms with Crippen LogP contribution in [-0.4, -0.2) is 41.0 Å². The molecule has 1 amide bonds. The third kappa shape index (κ3) is 2.72. The number of anilines is 1. The number of halogens is 4. The number of carbonyl (C=O) groups is 2. The molecule has 30 heavy (non-hydrogen) atoms. The lowest BCUT2D eigenvalue weighted by Crippen LogP contribution is -2.49. The third-order valence-electron chi connectivity index (χ3n) is 5.70. The van der Waals surface area contributed by atoms with Crippen LogP contribution in [0.2, 0.25) is 0 Å². The fraction of sp³-hybridized carbons (Fsp3) is 0.238. The Morgan fingerprint density at radius 1 is 1.10 bits per heavy atom. The molecule has 0 saturated carbocycles. The van der Waals surface area contributed by atoms with Gasteiger partial charge in [0, 0.05) is 23.1 Å². The first-order chi connectivity index (χ1) is 14.3. The predicted molar refractivity (Wildman–Crippen MR) is 101 cm³/mol. The number of fused-ring (bicyclic) bond motifs is 4. The summed E-state index contributed by atoms with van der Waals surface area (Å²) in [5.41, 5.74) is 1.26. The van der Waals surface area contributed by atoms with Crippen molar-refractivity contribution >= 4 is 28.3 Å². The molecule has 2 aliphatic heterocycles. The molecule has 9 heteroatoms. The maximum Gasteiger partial charge on any atom is 0.409 e. The smallest absolute Gasteiger partial charge is 0.357 e. The van der Waals surface area contributed by atoms with E-state index in [9.17, 15) is 27.2 Å². The molecule has 0 radical (unpaired) electrons. The van der Waals surface area contributed by atoms with Crippen molar-refractivity contribution in [2.75, 3.05) is 18.1 Å². The zero-order chi connectivity index (χ0) is 21.2. The minimum Gasteiger partial charge on any atom is -0.357 e. The zero-order valence-corrected chi connectivity index (χ0v) is 15.5. The molecule has 154 valence electrons. The van der Waals surface area contributed by atoms with Crippen molar-refractivity contribution < 1.29 is 27.2 Å². The molecule has 1 aromatic heterocycles. The van der Waals surface area contributed by atoms with E-state index < -0.39 is 36.4 Å². The van der Waals surface area contributed by atoms with E-state index >= 15 is 0 Å². The molecular formula is C21H15F4N3O2. The van der Waals surface area contributed by atoms with Crippen molar-refractivity contribution in [2.24, 2.45) is 0 Å². The first-order valence-corrected chi connectivity index (χ1v) is 9.31. The number of hydrogen-bond donors (Lipinski definition) is 1. The number of rotatable bonds is 2. The number of alkyl halides is 3. The molecule has 1 atom stereocenters. The van der Waals surface area contributed by atoms with Gasteiger partial charge in [-0.2, -0.15) is 13.2 Å². The second-order valence-corrected chi connectivity index (χ2v) is 7.43. The summed E-state index contributed by atoms with van der Waals surface area (Å²) in [6, 6.07) is 8.31. The Bertz CT molecular complexity index is 1200. The summed E-state index contributed by atoms with van der Waals surface area (Å²) in [6.45, 7) is -0.379. The summed E-state index contributed by atoms with van der Waals surface area (Å²) in [4.78, 5) is 29.6. The Balaban J connectivity index is 1.55. The van der Waals surface area contributed by atoms with Crippen molar-refractivity contribution in [3.8, 4) is 0 Å². The second kappa shape index (κ2) is 6.40. The summed E-state index contributed by atoms with van der Waals surface area (Å²) in [6.07, 6.45) is -4.24. The van der Waals surface area contributed by atoms with Gasteiger partial charge in [0.1, 0.15) is 11.9 Å². The van der Waals surface area contributed by atoms with E-state index in [2.05, 4.69) is 4.98 Å². The van der Waals surface area contributed by atoms with Gasteiger partial charge in [0.15, 0.2) is 0 Å². The molecule has 1 N–H and O–H groups in total. The number of para-hydroxylation sites is 1. The van der Waals surface area contributed by atoms with Gasteiger partial charge in [0.25, 0.3) is 5.78 Å². The lowest BCUT2D eigenvalue weighted by molar-refractivity contribution is -0.189. The van der Waals surface area contributed by atoms with Gasteiger partial charge in [-0.05, 0) is 36.2 Å². The number of Topliss-reactive ketones (excluding diaryl/α,β-unsaturated/α-hetero) is 1. The molecule has 0 fully saturated rings. The van der Waals surface area contributed by atoms with Gasteiger partial charge < -0.3 is 4.98 Å². The lowest BCUT2D eigenvalue weighted by atomic mass is 9.97. The summed E-state index contributed by atoms with van der Waals surface area (Å²) in [7, 11) is 0. The zero-order valence-electron chi connectivity index (χ0n) is 15.5. The number of benzene rings is 2. The highest BCUT2D eigenvalue weighted by molar-refractivity contribution is 6.52. The van der Waals surface area contributed by atoms with E-state index in [0.29, 0.717) is 17.5 Å². The molecule has 5 nitrogen and oxygen atoms in total. The molecule has 0 unspecified atom stereocenters. The van der Waals surface area contributed by atoms with Crippen LogP contribution in [0.1, 0.15) is 27.7 Å². The van der Waals surface area contributed by atoms with Gasteiger partial charge in [0.05, 0.1) is 17.9 Å². The number of nitrogens with one attached hydrogen (secondary N) is 1. The fourth-order valence-corrected chi connectivity index (χ4v) is 4.41. The maximum atomic E-state index is 14.1. The summed E-state index contributed by atoms with van der Waals surface area (Å²) in [5.74, 6) is -2.57. The highest BCUT2D eigenvalue weighted by Gasteiger charge is 2.50. The SMILES string of the molecule is O=C1C(=O)N(CN2CCc3c([nH]c4ccccc34)[C@@H]2C(F)(F)F)c2ccc(F)cc21. The molecule has 3 aromatic rings. The second-order valence-electron chi connectivity index (χ2n) is 7.43. The van der Waals surface area contributed by atoms with Crippen LogP contribution in [0.25, 0.3) is 10.9 Å². The van der Waals surface area contributed by atoms with Crippen molar-refractivity contribution in [3.05, 3.63) is 65.1 Å². The first-order valence-electron chi connectivity index (χ1n) is 9.31. The number of ketones is 1. The van der Waals surface area contributed by atoms with Crippen LogP contribution < -0.4 is 4.90 Å². The Labute approximate surface area is 167 Å². The van der Waals surface area contributed by atoms with Crippen molar-refractivity contribution in [1.29, 1.82) is 0 Å².